The molecule has 0 saturated carbocycles. The number of aryl methyl sites for hydroxylation is 1. The van der Waals surface area contributed by atoms with Crippen LogP contribution in [0.5, 0.6) is 0 Å². The third kappa shape index (κ3) is 2.77. The maximum atomic E-state index is 8.50. The molecule has 1 aromatic heterocycles. The summed E-state index contributed by atoms with van der Waals surface area (Å²) in [5.74, 6) is 5.63. The normalized spacial score (nSPS) is 9.08. The van der Waals surface area contributed by atoms with E-state index < -0.39 is 0 Å². The van der Waals surface area contributed by atoms with Crippen LogP contribution in [0.1, 0.15) is 17.7 Å². The average molecular weight is 176 g/mol. The van der Waals surface area contributed by atoms with Crippen LogP contribution >= 0.6 is 0 Å². The first-order chi connectivity index (χ1) is 6.24. The second-order valence-electron chi connectivity index (χ2n) is 2.70. The SMILES string of the molecule is Cc1cc(C#CCCO)ncc1N. The molecule has 1 rings (SSSR count). The van der Waals surface area contributed by atoms with Crippen LogP contribution in [0.2, 0.25) is 0 Å². The highest BCUT2D eigenvalue weighted by atomic mass is 16.2. The van der Waals surface area contributed by atoms with Gasteiger partial charge in [0.05, 0.1) is 18.5 Å². The van der Waals surface area contributed by atoms with Gasteiger partial charge in [0.1, 0.15) is 5.69 Å². The maximum Gasteiger partial charge on any atom is 0.113 e. The Bertz CT molecular complexity index is 350. The second-order valence-corrected chi connectivity index (χ2v) is 2.70. The monoisotopic (exact) mass is 176 g/mol. The molecule has 0 unspecified atom stereocenters. The Labute approximate surface area is 77.6 Å². The van der Waals surface area contributed by atoms with Gasteiger partial charge in [0.2, 0.25) is 0 Å². The Morgan fingerprint density at radius 1 is 1.62 bits per heavy atom. The number of nitrogens with two attached hydrogens (primary N) is 1. The highest BCUT2D eigenvalue weighted by molar-refractivity contribution is 5.46. The van der Waals surface area contributed by atoms with Crippen molar-refractivity contribution in [2.75, 3.05) is 12.3 Å². The molecule has 0 aromatic carbocycles. The summed E-state index contributed by atoms with van der Waals surface area (Å²) >= 11 is 0. The van der Waals surface area contributed by atoms with Crippen molar-refractivity contribution in [3.63, 3.8) is 0 Å². The van der Waals surface area contributed by atoms with Gasteiger partial charge in [-0.3, -0.25) is 0 Å². The number of nitrogen functional groups attached to an aromatic ring is 1. The number of anilines is 1. The Morgan fingerprint density at radius 2 is 2.38 bits per heavy atom. The molecule has 13 heavy (non-hydrogen) atoms. The van der Waals surface area contributed by atoms with Crippen molar-refractivity contribution in [2.45, 2.75) is 13.3 Å². The van der Waals surface area contributed by atoms with Gasteiger partial charge in [-0.25, -0.2) is 4.98 Å². The van der Waals surface area contributed by atoms with E-state index in [4.69, 9.17) is 10.8 Å². The van der Waals surface area contributed by atoms with E-state index in [1.54, 1.807) is 6.20 Å². The Hall–Kier alpha value is -1.53. The first kappa shape index (κ1) is 9.56. The standard InChI is InChI=1S/C10H12N2O/c1-8-6-9(4-2-3-5-13)12-7-10(8)11/h6-7,13H,3,5,11H2,1H3. The molecule has 0 atom stereocenters. The number of aromatic nitrogens is 1. The number of pyridine rings is 1. The van der Waals surface area contributed by atoms with Gasteiger partial charge >= 0.3 is 0 Å². The zero-order chi connectivity index (χ0) is 9.68. The van der Waals surface area contributed by atoms with Crippen LogP contribution < -0.4 is 5.73 Å². The fraction of sp³-hybridized carbons (Fsp3) is 0.300. The van der Waals surface area contributed by atoms with Crippen molar-refractivity contribution in [1.82, 2.24) is 4.98 Å². The van der Waals surface area contributed by atoms with Gasteiger partial charge in [-0.2, -0.15) is 0 Å². The molecular weight excluding hydrogens is 164 g/mol. The predicted molar refractivity (Wildman–Crippen MR) is 52.0 cm³/mol. The second kappa shape index (κ2) is 4.48. The molecular formula is C10H12N2O. The molecule has 68 valence electrons. The van der Waals surface area contributed by atoms with E-state index in [1.807, 2.05) is 13.0 Å². The first-order valence-electron chi connectivity index (χ1n) is 4.06. The van der Waals surface area contributed by atoms with Crippen LogP contribution in [0.25, 0.3) is 0 Å². The molecule has 1 aromatic rings. The minimum Gasteiger partial charge on any atom is -0.397 e. The first-order valence-corrected chi connectivity index (χ1v) is 4.06. The van der Waals surface area contributed by atoms with E-state index in [9.17, 15) is 0 Å². The van der Waals surface area contributed by atoms with E-state index in [0.717, 1.165) is 5.56 Å². The van der Waals surface area contributed by atoms with Crippen molar-refractivity contribution in [1.29, 1.82) is 0 Å². The van der Waals surface area contributed by atoms with Crippen LogP contribution in [0.3, 0.4) is 0 Å². The van der Waals surface area contributed by atoms with Gasteiger partial charge in [-0.05, 0) is 24.5 Å². The molecule has 0 radical (unpaired) electrons. The van der Waals surface area contributed by atoms with Crippen molar-refractivity contribution in [3.8, 4) is 11.8 Å². The summed E-state index contributed by atoms with van der Waals surface area (Å²) in [6.07, 6.45) is 2.07. The average Bonchev–Trinajstić information content (AvgIpc) is 2.12. The van der Waals surface area contributed by atoms with Gasteiger partial charge < -0.3 is 10.8 Å². The van der Waals surface area contributed by atoms with E-state index in [-0.39, 0.29) is 6.61 Å². The lowest BCUT2D eigenvalue weighted by atomic mass is 10.2. The van der Waals surface area contributed by atoms with E-state index in [2.05, 4.69) is 16.8 Å². The van der Waals surface area contributed by atoms with Crippen molar-refractivity contribution < 1.29 is 5.11 Å². The third-order valence-electron chi connectivity index (χ3n) is 1.60. The van der Waals surface area contributed by atoms with Gasteiger partial charge in [0.15, 0.2) is 0 Å². The number of aliphatic hydroxyl groups excluding tert-OH is 1. The van der Waals surface area contributed by atoms with E-state index >= 15 is 0 Å². The van der Waals surface area contributed by atoms with Crippen molar-refractivity contribution in [3.05, 3.63) is 23.5 Å². The molecule has 0 spiro atoms. The van der Waals surface area contributed by atoms with E-state index in [0.29, 0.717) is 17.8 Å². The van der Waals surface area contributed by atoms with Crippen LogP contribution in [-0.4, -0.2) is 16.7 Å². The minimum atomic E-state index is 0.0843. The molecule has 0 aliphatic rings. The Balaban J connectivity index is 2.81. The third-order valence-corrected chi connectivity index (χ3v) is 1.60. The van der Waals surface area contributed by atoms with Crippen LogP contribution in [-0.2, 0) is 0 Å². The number of hydrogen-bond donors (Lipinski definition) is 2. The molecule has 3 nitrogen and oxygen atoms in total. The van der Waals surface area contributed by atoms with Gasteiger partial charge in [0, 0.05) is 6.42 Å². The van der Waals surface area contributed by atoms with Gasteiger partial charge in [-0.15, -0.1) is 0 Å². The molecule has 0 bridgehead atoms. The summed E-state index contributed by atoms with van der Waals surface area (Å²) in [6.45, 7) is 2.00. The molecule has 0 amide bonds. The summed E-state index contributed by atoms with van der Waals surface area (Å²) in [5, 5.41) is 8.50. The van der Waals surface area contributed by atoms with Gasteiger partial charge in [0.25, 0.3) is 0 Å². The molecule has 3 N–H and O–H groups in total. The lowest BCUT2D eigenvalue weighted by molar-refractivity contribution is 0.305. The summed E-state index contributed by atoms with van der Waals surface area (Å²) < 4.78 is 0. The summed E-state index contributed by atoms with van der Waals surface area (Å²) in [4.78, 5) is 4.03. The fourth-order valence-electron chi connectivity index (χ4n) is 0.844. The quantitative estimate of drug-likeness (QED) is 0.619. The molecule has 0 saturated heterocycles. The summed E-state index contributed by atoms with van der Waals surface area (Å²) in [7, 11) is 0. The summed E-state index contributed by atoms with van der Waals surface area (Å²) in [5.41, 5.74) is 7.94. The van der Waals surface area contributed by atoms with Crippen LogP contribution in [0.4, 0.5) is 5.69 Å². The highest BCUT2D eigenvalue weighted by Crippen LogP contribution is 2.08. The van der Waals surface area contributed by atoms with Crippen LogP contribution in [0.15, 0.2) is 12.3 Å². The van der Waals surface area contributed by atoms with Crippen LogP contribution in [0, 0.1) is 18.8 Å². The van der Waals surface area contributed by atoms with Crippen molar-refractivity contribution in [2.24, 2.45) is 0 Å². The Kier molecular flexibility index (Phi) is 3.30. The Morgan fingerprint density at radius 3 is 3.00 bits per heavy atom. The molecule has 1 heterocycles. The zero-order valence-electron chi connectivity index (χ0n) is 7.54. The fourth-order valence-corrected chi connectivity index (χ4v) is 0.844. The smallest absolute Gasteiger partial charge is 0.113 e. The summed E-state index contributed by atoms with van der Waals surface area (Å²) in [6, 6.07) is 1.83. The lowest BCUT2D eigenvalue weighted by Gasteiger charge is -1.97. The topological polar surface area (TPSA) is 59.1 Å². The highest BCUT2D eigenvalue weighted by Gasteiger charge is 1.93. The molecule has 0 fully saturated rings. The largest absolute Gasteiger partial charge is 0.397 e. The minimum absolute atomic E-state index is 0.0843. The number of aliphatic hydroxyl groups is 1. The predicted octanol–water partition coefficient (Wildman–Crippen LogP) is 0.706. The number of nitrogens with zero attached hydrogens (tertiary/aromatic N) is 1. The molecule has 3 heteroatoms. The van der Waals surface area contributed by atoms with Gasteiger partial charge in [-0.1, -0.05) is 5.92 Å². The molecule has 0 aliphatic heterocycles. The zero-order valence-corrected chi connectivity index (χ0v) is 7.54. The molecule has 0 aliphatic carbocycles. The van der Waals surface area contributed by atoms with E-state index in [1.165, 1.54) is 0 Å². The maximum absolute atomic E-state index is 8.50. The number of hydrogen-bond acceptors (Lipinski definition) is 3. The number of rotatable bonds is 1. The lowest BCUT2D eigenvalue weighted by Crippen LogP contribution is -1.92. The van der Waals surface area contributed by atoms with Crippen molar-refractivity contribution >= 4 is 5.69 Å².